The molecule has 1 aromatic heterocycles. The molecule has 0 radical (unpaired) electrons. The highest BCUT2D eigenvalue weighted by Gasteiger charge is 2.15. The summed E-state index contributed by atoms with van der Waals surface area (Å²) in [7, 11) is 0. The number of nitrogens with zero attached hydrogens (tertiary/aromatic N) is 1. The van der Waals surface area contributed by atoms with Crippen LogP contribution in [0.4, 0.5) is 4.39 Å². The molecule has 2 aromatic rings. The first-order valence-electron chi connectivity index (χ1n) is 5.84. The number of nitrogens with one attached hydrogen (secondary N) is 1. The van der Waals surface area contributed by atoms with Gasteiger partial charge in [-0.3, -0.25) is 4.79 Å². The molecule has 1 heterocycles. The fourth-order valence-electron chi connectivity index (χ4n) is 1.69. The van der Waals surface area contributed by atoms with Gasteiger partial charge in [-0.25, -0.2) is 9.37 Å². The van der Waals surface area contributed by atoms with Crippen LogP contribution in [0.3, 0.4) is 0 Å². The maximum absolute atomic E-state index is 13.1. The first kappa shape index (κ1) is 14.8. The summed E-state index contributed by atoms with van der Waals surface area (Å²) in [5, 5.41) is 3.31. The molecule has 1 aromatic carbocycles. The summed E-state index contributed by atoms with van der Waals surface area (Å²) >= 11 is 11.6. The Balaban J connectivity index is 2.15. The number of carbonyl (C=O) groups is 1. The number of hydrogen-bond acceptors (Lipinski definition) is 2. The van der Waals surface area contributed by atoms with Crippen molar-refractivity contribution in [1.82, 2.24) is 10.3 Å². The summed E-state index contributed by atoms with van der Waals surface area (Å²) in [6.45, 7) is 1.81. The fourth-order valence-corrected chi connectivity index (χ4v) is 2.01. The molecule has 2 rings (SSSR count). The first-order valence-corrected chi connectivity index (χ1v) is 6.60. The lowest BCUT2D eigenvalue weighted by Crippen LogP contribution is -2.27. The standard InChI is InChI=1S/C14H11Cl2FN2O/c1-8(9-2-4-10(15)5-3-9)19-14(20)12-6-11(17)7-18-13(12)16/h2-8H,1H3,(H,19,20). The SMILES string of the molecule is CC(NC(=O)c1cc(F)cnc1Cl)c1ccc(Cl)cc1. The van der Waals surface area contributed by atoms with Crippen LogP contribution in [-0.4, -0.2) is 10.9 Å². The molecule has 0 aliphatic rings. The van der Waals surface area contributed by atoms with Gasteiger partial charge < -0.3 is 5.32 Å². The molecule has 0 fully saturated rings. The van der Waals surface area contributed by atoms with Gasteiger partial charge in [0, 0.05) is 5.02 Å². The molecule has 1 amide bonds. The lowest BCUT2D eigenvalue weighted by molar-refractivity contribution is 0.0939. The molecule has 0 saturated heterocycles. The van der Waals surface area contributed by atoms with E-state index < -0.39 is 11.7 Å². The molecule has 0 aliphatic heterocycles. The van der Waals surface area contributed by atoms with Gasteiger partial charge in [0.15, 0.2) is 0 Å². The van der Waals surface area contributed by atoms with Crippen molar-refractivity contribution in [2.24, 2.45) is 0 Å². The zero-order chi connectivity index (χ0) is 14.7. The minimum absolute atomic E-state index is 0.00693. The highest BCUT2D eigenvalue weighted by molar-refractivity contribution is 6.32. The Morgan fingerprint density at radius 2 is 1.95 bits per heavy atom. The third kappa shape index (κ3) is 3.46. The molecular weight excluding hydrogens is 302 g/mol. The minimum Gasteiger partial charge on any atom is -0.345 e. The number of carbonyl (C=O) groups excluding carboxylic acids is 1. The van der Waals surface area contributed by atoms with Gasteiger partial charge in [0.1, 0.15) is 11.0 Å². The van der Waals surface area contributed by atoms with E-state index in [1.807, 2.05) is 6.92 Å². The van der Waals surface area contributed by atoms with Gasteiger partial charge in [0.2, 0.25) is 0 Å². The molecule has 3 nitrogen and oxygen atoms in total. The van der Waals surface area contributed by atoms with Crippen molar-refractivity contribution in [2.45, 2.75) is 13.0 Å². The van der Waals surface area contributed by atoms with Crippen LogP contribution in [0.2, 0.25) is 10.2 Å². The lowest BCUT2D eigenvalue weighted by atomic mass is 10.1. The second-order valence-corrected chi connectivity index (χ2v) is 5.03. The number of hydrogen-bond donors (Lipinski definition) is 1. The maximum Gasteiger partial charge on any atom is 0.254 e. The first-order chi connectivity index (χ1) is 9.47. The van der Waals surface area contributed by atoms with Gasteiger partial charge >= 0.3 is 0 Å². The average molecular weight is 313 g/mol. The Kier molecular flexibility index (Phi) is 4.57. The molecule has 1 N–H and O–H groups in total. The van der Waals surface area contributed by atoms with Crippen LogP contribution in [0, 0.1) is 5.82 Å². The number of amides is 1. The van der Waals surface area contributed by atoms with E-state index in [2.05, 4.69) is 10.3 Å². The number of halogens is 3. The second-order valence-electron chi connectivity index (χ2n) is 4.24. The van der Waals surface area contributed by atoms with E-state index >= 15 is 0 Å². The quantitative estimate of drug-likeness (QED) is 0.870. The smallest absolute Gasteiger partial charge is 0.254 e. The van der Waals surface area contributed by atoms with E-state index in [0.717, 1.165) is 17.8 Å². The third-order valence-electron chi connectivity index (χ3n) is 2.77. The number of pyridine rings is 1. The molecule has 20 heavy (non-hydrogen) atoms. The van der Waals surface area contributed by atoms with E-state index in [9.17, 15) is 9.18 Å². The van der Waals surface area contributed by atoms with Crippen molar-refractivity contribution in [2.75, 3.05) is 0 Å². The minimum atomic E-state index is -0.612. The van der Waals surface area contributed by atoms with Crippen molar-refractivity contribution in [1.29, 1.82) is 0 Å². The van der Waals surface area contributed by atoms with Crippen LogP contribution < -0.4 is 5.32 Å². The van der Waals surface area contributed by atoms with Crippen LogP contribution in [0.25, 0.3) is 0 Å². The molecule has 0 saturated carbocycles. The van der Waals surface area contributed by atoms with Gasteiger partial charge in [-0.2, -0.15) is 0 Å². The lowest BCUT2D eigenvalue weighted by Gasteiger charge is -2.14. The Morgan fingerprint density at radius 1 is 1.30 bits per heavy atom. The number of aromatic nitrogens is 1. The largest absolute Gasteiger partial charge is 0.345 e. The topological polar surface area (TPSA) is 42.0 Å². The zero-order valence-electron chi connectivity index (χ0n) is 10.5. The van der Waals surface area contributed by atoms with Crippen molar-refractivity contribution < 1.29 is 9.18 Å². The maximum atomic E-state index is 13.1. The van der Waals surface area contributed by atoms with Crippen LogP contribution in [0.5, 0.6) is 0 Å². The third-order valence-corrected chi connectivity index (χ3v) is 3.32. The number of benzene rings is 1. The molecule has 6 heteroatoms. The molecule has 0 spiro atoms. The van der Waals surface area contributed by atoms with Gasteiger partial charge in [0.25, 0.3) is 5.91 Å². The molecule has 1 atom stereocenters. The van der Waals surface area contributed by atoms with Gasteiger partial charge in [0.05, 0.1) is 17.8 Å². The highest BCUT2D eigenvalue weighted by Crippen LogP contribution is 2.18. The van der Waals surface area contributed by atoms with Crippen molar-refractivity contribution in [3.05, 3.63) is 63.6 Å². The van der Waals surface area contributed by atoms with Crippen molar-refractivity contribution in [3.63, 3.8) is 0 Å². The van der Waals surface area contributed by atoms with Gasteiger partial charge in [-0.05, 0) is 30.7 Å². The second kappa shape index (κ2) is 6.20. The van der Waals surface area contributed by atoms with E-state index in [1.165, 1.54) is 0 Å². The molecular formula is C14H11Cl2FN2O. The van der Waals surface area contributed by atoms with Crippen LogP contribution in [-0.2, 0) is 0 Å². The predicted octanol–water partition coefficient (Wildman–Crippen LogP) is 4.02. The summed E-state index contributed by atoms with van der Waals surface area (Å²) in [5.74, 6) is -1.09. The highest BCUT2D eigenvalue weighted by atomic mass is 35.5. The molecule has 0 bridgehead atoms. The molecule has 104 valence electrons. The summed E-state index contributed by atoms with van der Waals surface area (Å²) in [6, 6.07) is 7.86. The van der Waals surface area contributed by atoms with Crippen molar-refractivity contribution in [3.8, 4) is 0 Å². The van der Waals surface area contributed by atoms with Crippen molar-refractivity contribution >= 4 is 29.1 Å². The summed E-state index contributed by atoms with van der Waals surface area (Å²) in [5.41, 5.74) is 0.885. The van der Waals surface area contributed by atoms with E-state index in [-0.39, 0.29) is 16.8 Å². The predicted molar refractivity (Wildman–Crippen MR) is 76.5 cm³/mol. The number of rotatable bonds is 3. The Morgan fingerprint density at radius 3 is 2.60 bits per heavy atom. The van der Waals surface area contributed by atoms with Crippen LogP contribution in [0.15, 0.2) is 36.5 Å². The summed E-state index contributed by atoms with van der Waals surface area (Å²) in [4.78, 5) is 15.6. The summed E-state index contributed by atoms with van der Waals surface area (Å²) in [6.07, 6.45) is 0.960. The van der Waals surface area contributed by atoms with Gasteiger partial charge in [-0.15, -0.1) is 0 Å². The Labute approximate surface area is 125 Å². The Bertz CT molecular complexity index is 632. The Hall–Kier alpha value is -1.65. The van der Waals surface area contributed by atoms with E-state index in [4.69, 9.17) is 23.2 Å². The van der Waals surface area contributed by atoms with E-state index in [0.29, 0.717) is 5.02 Å². The fraction of sp³-hybridized carbons (Fsp3) is 0.143. The van der Waals surface area contributed by atoms with Crippen LogP contribution >= 0.6 is 23.2 Å². The molecule has 0 aliphatic carbocycles. The average Bonchev–Trinajstić information content (AvgIpc) is 2.42. The summed E-state index contributed by atoms with van der Waals surface area (Å²) < 4.78 is 13.1. The van der Waals surface area contributed by atoms with Gasteiger partial charge in [-0.1, -0.05) is 35.3 Å². The van der Waals surface area contributed by atoms with Crippen LogP contribution in [0.1, 0.15) is 28.9 Å². The molecule has 1 unspecified atom stereocenters. The normalized spacial score (nSPS) is 12.0. The monoisotopic (exact) mass is 312 g/mol. The zero-order valence-corrected chi connectivity index (χ0v) is 12.0. The van der Waals surface area contributed by atoms with E-state index in [1.54, 1.807) is 24.3 Å².